The van der Waals surface area contributed by atoms with Crippen molar-refractivity contribution in [3.05, 3.63) is 82.9 Å². The van der Waals surface area contributed by atoms with Crippen molar-refractivity contribution in [1.82, 2.24) is 4.90 Å². The number of aryl methyl sites for hydroxylation is 1. The van der Waals surface area contributed by atoms with Crippen LogP contribution in [0.3, 0.4) is 0 Å². The van der Waals surface area contributed by atoms with Crippen molar-refractivity contribution >= 4 is 28.2 Å². The highest BCUT2D eigenvalue weighted by Gasteiger charge is 2.46. The van der Waals surface area contributed by atoms with Gasteiger partial charge in [0.05, 0.1) is 30.9 Å². The highest BCUT2D eigenvalue weighted by Crippen LogP contribution is 2.42. The highest BCUT2D eigenvalue weighted by molar-refractivity contribution is 6.46. The maximum atomic E-state index is 13.2. The SMILES string of the molecule is COCCN1C(=O)C(=O)/C(=C(/O)c2cc(C)ccc2OC)C1c1cccc2ccccc12. The number of hydrogen-bond donors (Lipinski definition) is 1. The second-order valence-electron chi connectivity index (χ2n) is 7.76. The summed E-state index contributed by atoms with van der Waals surface area (Å²) in [7, 11) is 3.04. The molecule has 0 aromatic heterocycles. The van der Waals surface area contributed by atoms with Crippen LogP contribution < -0.4 is 4.74 Å². The Kier molecular flexibility index (Phi) is 5.97. The molecule has 1 aliphatic heterocycles. The van der Waals surface area contributed by atoms with Crippen molar-refractivity contribution in [3.8, 4) is 5.75 Å². The number of ether oxygens (including phenoxy) is 2. The summed E-state index contributed by atoms with van der Waals surface area (Å²) < 4.78 is 10.6. The Balaban J connectivity index is 1.99. The van der Waals surface area contributed by atoms with Crippen LogP contribution in [0.25, 0.3) is 16.5 Å². The van der Waals surface area contributed by atoms with Crippen LogP contribution >= 0.6 is 0 Å². The fourth-order valence-corrected chi connectivity index (χ4v) is 4.26. The summed E-state index contributed by atoms with van der Waals surface area (Å²) >= 11 is 0. The van der Waals surface area contributed by atoms with Gasteiger partial charge in [-0.05, 0) is 35.4 Å². The van der Waals surface area contributed by atoms with Crippen LogP contribution in [0.2, 0.25) is 0 Å². The van der Waals surface area contributed by atoms with Crippen molar-refractivity contribution in [1.29, 1.82) is 0 Å². The summed E-state index contributed by atoms with van der Waals surface area (Å²) in [6.45, 7) is 2.37. The quantitative estimate of drug-likeness (QED) is 0.359. The number of aliphatic hydroxyl groups is 1. The molecule has 3 aromatic rings. The standard InChI is InChI=1S/C26H25NO5/c1-16-11-12-21(32-3)20(15-16)24(28)22-23(27(13-14-31-2)26(30)25(22)29)19-10-6-8-17-7-4-5-9-18(17)19/h4-12,15,23,28H,13-14H2,1-3H3/b24-22+. The lowest BCUT2D eigenvalue weighted by molar-refractivity contribution is -0.140. The van der Waals surface area contributed by atoms with Crippen molar-refractivity contribution in [2.24, 2.45) is 0 Å². The predicted octanol–water partition coefficient (Wildman–Crippen LogP) is 4.22. The monoisotopic (exact) mass is 431 g/mol. The number of aliphatic hydroxyl groups excluding tert-OH is 1. The summed E-state index contributed by atoms with van der Waals surface area (Å²) in [6.07, 6.45) is 0. The molecule has 164 valence electrons. The molecule has 4 rings (SSSR count). The maximum absolute atomic E-state index is 13.2. The lowest BCUT2D eigenvalue weighted by atomic mass is 9.91. The van der Waals surface area contributed by atoms with Gasteiger partial charge in [0, 0.05) is 13.7 Å². The van der Waals surface area contributed by atoms with E-state index in [2.05, 4.69) is 0 Å². The number of benzene rings is 3. The summed E-state index contributed by atoms with van der Waals surface area (Å²) in [6, 6.07) is 18.1. The fraction of sp³-hybridized carbons (Fsp3) is 0.231. The molecule has 6 nitrogen and oxygen atoms in total. The van der Waals surface area contributed by atoms with Crippen LogP contribution in [0.4, 0.5) is 0 Å². The van der Waals surface area contributed by atoms with E-state index in [0.29, 0.717) is 11.3 Å². The molecule has 1 aliphatic rings. The normalized spacial score (nSPS) is 17.8. The summed E-state index contributed by atoms with van der Waals surface area (Å²) in [5.41, 5.74) is 2.09. The van der Waals surface area contributed by atoms with E-state index in [-0.39, 0.29) is 24.5 Å². The number of carbonyl (C=O) groups is 2. The Hall–Kier alpha value is -3.64. The number of nitrogens with zero attached hydrogens (tertiary/aromatic N) is 1. The molecule has 1 saturated heterocycles. The molecule has 0 saturated carbocycles. The van der Waals surface area contributed by atoms with Crippen LogP contribution in [0, 0.1) is 6.92 Å². The Morgan fingerprint density at radius 3 is 2.53 bits per heavy atom. The first kappa shape index (κ1) is 21.6. The van der Waals surface area contributed by atoms with E-state index in [0.717, 1.165) is 21.9 Å². The molecule has 0 bridgehead atoms. The van der Waals surface area contributed by atoms with E-state index in [1.54, 1.807) is 19.2 Å². The number of hydrogen-bond acceptors (Lipinski definition) is 5. The molecular formula is C26H25NO5. The van der Waals surface area contributed by atoms with E-state index in [1.807, 2.05) is 55.5 Å². The van der Waals surface area contributed by atoms with Gasteiger partial charge in [0.15, 0.2) is 0 Å². The number of likely N-dealkylation sites (tertiary alicyclic amines) is 1. The minimum Gasteiger partial charge on any atom is -0.507 e. The fourth-order valence-electron chi connectivity index (χ4n) is 4.26. The number of rotatable bonds is 6. The molecule has 0 spiro atoms. The molecule has 1 fully saturated rings. The number of amides is 1. The van der Waals surface area contributed by atoms with Crippen molar-refractivity contribution < 1.29 is 24.2 Å². The van der Waals surface area contributed by atoms with Crippen molar-refractivity contribution in [2.75, 3.05) is 27.4 Å². The molecule has 3 aromatic carbocycles. The molecule has 1 atom stereocenters. The molecule has 0 aliphatic carbocycles. The average molecular weight is 431 g/mol. The second-order valence-corrected chi connectivity index (χ2v) is 7.76. The van der Waals surface area contributed by atoms with Crippen molar-refractivity contribution in [3.63, 3.8) is 0 Å². The van der Waals surface area contributed by atoms with Crippen LogP contribution in [0.1, 0.15) is 22.7 Å². The van der Waals surface area contributed by atoms with Gasteiger partial charge in [-0.1, -0.05) is 54.1 Å². The van der Waals surface area contributed by atoms with Gasteiger partial charge in [0.1, 0.15) is 11.5 Å². The lowest BCUT2D eigenvalue weighted by Gasteiger charge is -2.26. The Labute approximate surface area is 186 Å². The molecule has 1 amide bonds. The van der Waals surface area contributed by atoms with Crippen LogP contribution in [0.5, 0.6) is 5.75 Å². The number of ketones is 1. The van der Waals surface area contributed by atoms with Gasteiger partial charge in [0.2, 0.25) is 0 Å². The first-order valence-electron chi connectivity index (χ1n) is 10.4. The molecule has 1 N–H and O–H groups in total. The van der Waals surface area contributed by atoms with E-state index >= 15 is 0 Å². The van der Waals surface area contributed by atoms with Gasteiger partial charge in [-0.25, -0.2) is 0 Å². The van der Waals surface area contributed by atoms with Gasteiger partial charge >= 0.3 is 0 Å². The average Bonchev–Trinajstić information content (AvgIpc) is 3.06. The topological polar surface area (TPSA) is 76.1 Å². The molecule has 1 unspecified atom stereocenters. The minimum atomic E-state index is -0.749. The smallest absolute Gasteiger partial charge is 0.295 e. The third kappa shape index (κ3) is 3.63. The van der Waals surface area contributed by atoms with Gasteiger partial charge < -0.3 is 19.5 Å². The maximum Gasteiger partial charge on any atom is 0.295 e. The number of Topliss-reactive ketones (excluding diaryl/α,β-unsaturated/α-hetero) is 1. The van der Waals surface area contributed by atoms with Crippen LogP contribution in [-0.2, 0) is 14.3 Å². The Bertz CT molecular complexity index is 1220. The van der Waals surface area contributed by atoms with E-state index in [1.165, 1.54) is 12.0 Å². The molecule has 6 heteroatoms. The van der Waals surface area contributed by atoms with Crippen LogP contribution in [0.15, 0.2) is 66.2 Å². The first-order valence-corrected chi connectivity index (χ1v) is 10.4. The van der Waals surface area contributed by atoms with E-state index in [9.17, 15) is 14.7 Å². The van der Waals surface area contributed by atoms with E-state index < -0.39 is 17.7 Å². The lowest BCUT2D eigenvalue weighted by Crippen LogP contribution is -2.32. The third-order valence-corrected chi connectivity index (χ3v) is 5.80. The van der Waals surface area contributed by atoms with Gasteiger partial charge in [-0.3, -0.25) is 9.59 Å². The first-order chi connectivity index (χ1) is 15.5. The minimum absolute atomic E-state index is 0.0476. The highest BCUT2D eigenvalue weighted by atomic mass is 16.5. The van der Waals surface area contributed by atoms with E-state index in [4.69, 9.17) is 9.47 Å². The Morgan fingerprint density at radius 1 is 1.03 bits per heavy atom. The molecule has 0 radical (unpaired) electrons. The summed E-state index contributed by atoms with van der Waals surface area (Å²) in [5.74, 6) is -1.21. The third-order valence-electron chi connectivity index (χ3n) is 5.80. The van der Waals surface area contributed by atoms with Crippen LogP contribution in [-0.4, -0.2) is 49.1 Å². The van der Waals surface area contributed by atoms with Gasteiger partial charge in [0.25, 0.3) is 11.7 Å². The Morgan fingerprint density at radius 2 is 1.78 bits per heavy atom. The largest absolute Gasteiger partial charge is 0.507 e. The molecular weight excluding hydrogens is 406 g/mol. The zero-order chi connectivity index (χ0) is 22.8. The summed E-state index contributed by atoms with van der Waals surface area (Å²) in [4.78, 5) is 27.7. The summed E-state index contributed by atoms with van der Waals surface area (Å²) in [5, 5.41) is 13.3. The van der Waals surface area contributed by atoms with Crippen molar-refractivity contribution in [2.45, 2.75) is 13.0 Å². The number of carbonyl (C=O) groups excluding carboxylic acids is 2. The number of fused-ring (bicyclic) bond motifs is 1. The van der Waals surface area contributed by atoms with Gasteiger partial charge in [-0.15, -0.1) is 0 Å². The second kappa shape index (κ2) is 8.85. The van der Waals surface area contributed by atoms with Gasteiger partial charge in [-0.2, -0.15) is 0 Å². The zero-order valence-corrected chi connectivity index (χ0v) is 18.3. The molecule has 1 heterocycles. The predicted molar refractivity (Wildman–Crippen MR) is 123 cm³/mol. The molecule has 32 heavy (non-hydrogen) atoms. The number of methoxy groups -OCH3 is 2. The zero-order valence-electron chi connectivity index (χ0n) is 18.3.